The van der Waals surface area contributed by atoms with Gasteiger partial charge in [0.2, 0.25) is 11.8 Å². The average molecular weight is 414 g/mol. The van der Waals surface area contributed by atoms with Crippen LogP contribution in [0.3, 0.4) is 0 Å². The SMILES string of the molecule is COc1cccc(-c2ccc(CNC(=O)C3CC3c3nc(C)no3)c3cnccc23)c1. The number of hydrogen-bond acceptors (Lipinski definition) is 6. The number of pyridine rings is 1. The van der Waals surface area contributed by atoms with Crippen molar-refractivity contribution in [2.45, 2.75) is 25.8 Å². The van der Waals surface area contributed by atoms with Crippen molar-refractivity contribution in [1.82, 2.24) is 20.4 Å². The summed E-state index contributed by atoms with van der Waals surface area (Å²) in [6.07, 6.45) is 4.38. The third kappa shape index (κ3) is 3.74. The molecule has 2 heterocycles. The number of aryl methyl sites for hydroxylation is 1. The van der Waals surface area contributed by atoms with Gasteiger partial charge in [-0.15, -0.1) is 0 Å². The van der Waals surface area contributed by atoms with E-state index >= 15 is 0 Å². The highest BCUT2D eigenvalue weighted by Gasteiger charge is 2.47. The monoisotopic (exact) mass is 414 g/mol. The zero-order chi connectivity index (χ0) is 21.4. The van der Waals surface area contributed by atoms with Crippen molar-refractivity contribution in [3.05, 3.63) is 72.1 Å². The molecule has 1 aliphatic rings. The molecule has 2 aromatic carbocycles. The summed E-state index contributed by atoms with van der Waals surface area (Å²) in [5.41, 5.74) is 3.19. The van der Waals surface area contributed by atoms with Crippen LogP contribution in [-0.2, 0) is 11.3 Å². The Hall–Kier alpha value is -3.74. The van der Waals surface area contributed by atoms with Gasteiger partial charge in [-0.2, -0.15) is 4.98 Å². The van der Waals surface area contributed by atoms with E-state index < -0.39 is 0 Å². The predicted octanol–water partition coefficient (Wildman–Crippen LogP) is 4.02. The van der Waals surface area contributed by atoms with Gasteiger partial charge in [-0.3, -0.25) is 9.78 Å². The van der Waals surface area contributed by atoms with Crippen molar-refractivity contribution in [3.8, 4) is 16.9 Å². The number of rotatable bonds is 6. The van der Waals surface area contributed by atoms with E-state index in [1.54, 1.807) is 20.2 Å². The summed E-state index contributed by atoms with van der Waals surface area (Å²) in [6.45, 7) is 2.21. The largest absolute Gasteiger partial charge is 0.497 e. The van der Waals surface area contributed by atoms with Crippen LogP contribution in [0.15, 0.2) is 59.4 Å². The van der Waals surface area contributed by atoms with E-state index in [2.05, 4.69) is 32.6 Å². The minimum atomic E-state index is -0.111. The van der Waals surface area contributed by atoms with Crippen molar-refractivity contribution >= 4 is 16.7 Å². The number of carbonyl (C=O) groups is 1. The Morgan fingerprint density at radius 1 is 1.23 bits per heavy atom. The second kappa shape index (κ2) is 7.83. The number of carbonyl (C=O) groups excluding carboxylic acids is 1. The number of benzene rings is 2. The van der Waals surface area contributed by atoms with Crippen LogP contribution in [0.4, 0.5) is 0 Å². The maximum atomic E-state index is 12.6. The molecular formula is C24H22N4O3. The molecule has 2 aromatic heterocycles. The Morgan fingerprint density at radius 3 is 2.94 bits per heavy atom. The van der Waals surface area contributed by atoms with Gasteiger partial charge in [0.15, 0.2) is 5.82 Å². The standard InChI is InChI=1S/C24H22N4O3/c1-14-27-24(31-28-14)21-11-20(21)23(29)26-12-16-6-7-18(19-8-9-25-13-22(16)19)15-4-3-5-17(10-15)30-2/h3-10,13,20-21H,11-12H2,1-2H3,(H,26,29). The van der Waals surface area contributed by atoms with E-state index in [4.69, 9.17) is 9.26 Å². The summed E-state index contributed by atoms with van der Waals surface area (Å²) in [5, 5.41) is 8.97. The van der Waals surface area contributed by atoms with Crippen molar-refractivity contribution in [2.75, 3.05) is 7.11 Å². The summed E-state index contributed by atoms with van der Waals surface area (Å²) in [5.74, 6) is 1.88. The second-order valence-corrected chi connectivity index (χ2v) is 7.77. The summed E-state index contributed by atoms with van der Waals surface area (Å²) < 4.78 is 10.6. The quantitative estimate of drug-likeness (QED) is 0.512. The van der Waals surface area contributed by atoms with Gasteiger partial charge in [0, 0.05) is 24.3 Å². The highest BCUT2D eigenvalue weighted by Crippen LogP contribution is 2.46. The fraction of sp³-hybridized carbons (Fsp3) is 0.250. The Bertz CT molecular complexity index is 1270. The third-order valence-corrected chi connectivity index (χ3v) is 5.73. The number of nitrogens with zero attached hydrogens (tertiary/aromatic N) is 3. The maximum Gasteiger partial charge on any atom is 0.230 e. The molecule has 2 atom stereocenters. The van der Waals surface area contributed by atoms with Crippen molar-refractivity contribution in [1.29, 1.82) is 0 Å². The third-order valence-electron chi connectivity index (χ3n) is 5.73. The molecule has 1 fully saturated rings. The summed E-state index contributed by atoms with van der Waals surface area (Å²) in [6, 6.07) is 14.1. The van der Waals surface area contributed by atoms with Crippen LogP contribution < -0.4 is 10.1 Å². The normalized spacial score (nSPS) is 17.5. The van der Waals surface area contributed by atoms with Crippen molar-refractivity contribution in [3.63, 3.8) is 0 Å². The van der Waals surface area contributed by atoms with Crippen LogP contribution in [0.5, 0.6) is 5.75 Å². The highest BCUT2D eigenvalue weighted by atomic mass is 16.5. The number of hydrogen-bond donors (Lipinski definition) is 1. The number of nitrogens with one attached hydrogen (secondary N) is 1. The van der Waals surface area contributed by atoms with E-state index in [0.29, 0.717) is 18.3 Å². The molecule has 31 heavy (non-hydrogen) atoms. The lowest BCUT2D eigenvalue weighted by molar-refractivity contribution is -0.122. The van der Waals surface area contributed by atoms with E-state index in [0.717, 1.165) is 39.6 Å². The predicted molar refractivity (Wildman–Crippen MR) is 115 cm³/mol. The molecule has 1 saturated carbocycles. The average Bonchev–Trinajstić information content (AvgIpc) is 3.50. The van der Waals surface area contributed by atoms with Gasteiger partial charge in [0.05, 0.1) is 18.9 Å². The zero-order valence-corrected chi connectivity index (χ0v) is 17.3. The summed E-state index contributed by atoms with van der Waals surface area (Å²) >= 11 is 0. The molecule has 0 radical (unpaired) electrons. The molecule has 5 rings (SSSR count). The minimum Gasteiger partial charge on any atom is -0.497 e. The van der Waals surface area contributed by atoms with Crippen molar-refractivity contribution < 1.29 is 14.1 Å². The molecule has 0 bridgehead atoms. The van der Waals surface area contributed by atoms with Gasteiger partial charge >= 0.3 is 0 Å². The number of aromatic nitrogens is 3. The van der Waals surface area contributed by atoms with Gasteiger partial charge < -0.3 is 14.6 Å². The van der Waals surface area contributed by atoms with Gasteiger partial charge in [0.1, 0.15) is 5.75 Å². The lowest BCUT2D eigenvalue weighted by Crippen LogP contribution is -2.25. The number of fused-ring (bicyclic) bond motifs is 1. The van der Waals surface area contributed by atoms with E-state index in [9.17, 15) is 4.79 Å². The Labute approximate surface area is 179 Å². The van der Waals surface area contributed by atoms with Crippen LogP contribution >= 0.6 is 0 Å². The first-order valence-corrected chi connectivity index (χ1v) is 10.2. The first-order chi connectivity index (χ1) is 15.1. The summed E-state index contributed by atoms with van der Waals surface area (Å²) in [4.78, 5) is 21.2. The molecule has 1 aliphatic carbocycles. The minimum absolute atomic E-state index is 0.00904. The molecule has 7 heteroatoms. The first kappa shape index (κ1) is 19.2. The zero-order valence-electron chi connectivity index (χ0n) is 17.3. The molecule has 0 saturated heterocycles. The Balaban J connectivity index is 1.36. The molecule has 0 spiro atoms. The van der Waals surface area contributed by atoms with Crippen LogP contribution in [-0.4, -0.2) is 28.1 Å². The lowest BCUT2D eigenvalue weighted by Gasteiger charge is -2.13. The van der Waals surface area contributed by atoms with Crippen LogP contribution in [0, 0.1) is 12.8 Å². The molecule has 7 nitrogen and oxygen atoms in total. The molecule has 156 valence electrons. The summed E-state index contributed by atoms with van der Waals surface area (Å²) in [7, 11) is 1.66. The van der Waals surface area contributed by atoms with Crippen LogP contribution in [0.25, 0.3) is 21.9 Å². The smallest absolute Gasteiger partial charge is 0.230 e. The van der Waals surface area contributed by atoms with Gasteiger partial charge in [-0.25, -0.2) is 0 Å². The van der Waals surface area contributed by atoms with E-state index in [1.165, 1.54) is 0 Å². The number of ether oxygens (including phenoxy) is 1. The molecule has 0 aliphatic heterocycles. The first-order valence-electron chi connectivity index (χ1n) is 10.2. The van der Waals surface area contributed by atoms with Gasteiger partial charge in [-0.1, -0.05) is 29.4 Å². The van der Waals surface area contributed by atoms with Gasteiger partial charge in [-0.05, 0) is 53.6 Å². The topological polar surface area (TPSA) is 90.1 Å². The Morgan fingerprint density at radius 2 is 2.13 bits per heavy atom. The molecule has 1 amide bonds. The fourth-order valence-corrected chi connectivity index (χ4v) is 3.98. The second-order valence-electron chi connectivity index (χ2n) is 7.77. The van der Waals surface area contributed by atoms with Crippen molar-refractivity contribution in [2.24, 2.45) is 5.92 Å². The lowest BCUT2D eigenvalue weighted by atomic mass is 9.96. The van der Waals surface area contributed by atoms with Gasteiger partial charge in [0.25, 0.3) is 0 Å². The number of methoxy groups -OCH3 is 1. The Kier molecular flexibility index (Phi) is 4.86. The fourth-order valence-electron chi connectivity index (χ4n) is 3.98. The van der Waals surface area contributed by atoms with E-state index in [1.807, 2.05) is 36.5 Å². The number of amides is 1. The molecule has 2 unspecified atom stereocenters. The maximum absolute atomic E-state index is 12.6. The highest BCUT2D eigenvalue weighted by molar-refractivity contribution is 5.98. The van der Waals surface area contributed by atoms with Crippen LogP contribution in [0.2, 0.25) is 0 Å². The van der Waals surface area contributed by atoms with Crippen LogP contribution in [0.1, 0.15) is 29.6 Å². The molecular weight excluding hydrogens is 392 g/mol. The molecule has 4 aromatic rings. The van der Waals surface area contributed by atoms with E-state index in [-0.39, 0.29) is 17.7 Å². The molecule has 1 N–H and O–H groups in total.